The number of esters is 1. The van der Waals surface area contributed by atoms with Crippen LogP contribution >= 0.6 is 0 Å². The molecule has 36 heavy (non-hydrogen) atoms. The van der Waals surface area contributed by atoms with Gasteiger partial charge in [0, 0.05) is 18.1 Å². The third kappa shape index (κ3) is 4.81. The first-order chi connectivity index (χ1) is 17.3. The number of carbonyl (C=O) groups excluding carboxylic acids is 2. The van der Waals surface area contributed by atoms with Gasteiger partial charge in [-0.15, -0.1) is 0 Å². The van der Waals surface area contributed by atoms with Crippen LogP contribution in [-0.4, -0.2) is 40.5 Å². The van der Waals surface area contributed by atoms with Gasteiger partial charge in [-0.2, -0.15) is 0 Å². The van der Waals surface area contributed by atoms with Crippen LogP contribution in [0.1, 0.15) is 41.9 Å². The lowest BCUT2D eigenvalue weighted by atomic mass is 9.87. The molecule has 0 unspecified atom stereocenters. The van der Waals surface area contributed by atoms with E-state index in [1.54, 1.807) is 6.92 Å². The number of nitrogens with zero attached hydrogens (tertiary/aromatic N) is 1. The lowest BCUT2D eigenvalue weighted by Gasteiger charge is -2.26. The van der Waals surface area contributed by atoms with Crippen LogP contribution in [0.2, 0.25) is 0 Å². The molecule has 9 heteroatoms. The van der Waals surface area contributed by atoms with E-state index in [9.17, 15) is 29.6 Å². The molecule has 0 radical (unpaired) electrons. The second-order valence-electron chi connectivity index (χ2n) is 8.40. The van der Waals surface area contributed by atoms with Crippen LogP contribution < -0.4 is 5.32 Å². The molecule has 9 nitrogen and oxygen atoms in total. The van der Waals surface area contributed by atoms with Crippen molar-refractivity contribution in [3.63, 3.8) is 0 Å². The van der Waals surface area contributed by atoms with E-state index in [2.05, 4.69) is 5.32 Å². The molecule has 0 fully saturated rings. The minimum Gasteiger partial charge on any atom is -0.480 e. The summed E-state index contributed by atoms with van der Waals surface area (Å²) in [6.45, 7) is 1.73. The second-order valence-corrected chi connectivity index (χ2v) is 8.40. The standard InChI is InChI=1S/C27H24N2O7/c1-2-36-23(30)15-22(16-11-13-17(14-12-16)29(34)35)25(27(32)33)28-26(31)24-20-9-5-3-7-18(20)19-8-4-6-10-21(19)24/h3-14,22,24-25H,2,15H2,1H3,(H,28,31)(H,32,33)/t22-,25+/m0/s1. The largest absolute Gasteiger partial charge is 0.480 e. The Bertz CT molecular complexity index is 1270. The lowest BCUT2D eigenvalue weighted by Crippen LogP contribution is -2.47. The van der Waals surface area contributed by atoms with Gasteiger partial charge in [0.05, 0.1) is 23.9 Å². The molecule has 2 atom stereocenters. The van der Waals surface area contributed by atoms with Crippen molar-refractivity contribution in [3.05, 3.63) is 99.6 Å². The van der Waals surface area contributed by atoms with E-state index in [-0.39, 0.29) is 18.7 Å². The Labute approximate surface area is 206 Å². The molecule has 0 spiro atoms. The van der Waals surface area contributed by atoms with Crippen molar-refractivity contribution in [1.29, 1.82) is 0 Å². The van der Waals surface area contributed by atoms with Gasteiger partial charge in [-0.3, -0.25) is 19.7 Å². The van der Waals surface area contributed by atoms with Crippen molar-refractivity contribution >= 4 is 23.5 Å². The number of nitro groups is 1. The van der Waals surface area contributed by atoms with Gasteiger partial charge < -0.3 is 15.2 Å². The molecule has 0 saturated carbocycles. The van der Waals surface area contributed by atoms with Crippen molar-refractivity contribution < 1.29 is 29.2 Å². The molecule has 1 aliphatic rings. The minimum atomic E-state index is -1.48. The van der Waals surface area contributed by atoms with Gasteiger partial charge in [-0.1, -0.05) is 60.7 Å². The van der Waals surface area contributed by atoms with Gasteiger partial charge in [0.25, 0.3) is 5.69 Å². The molecule has 4 rings (SSSR count). The minimum absolute atomic E-state index is 0.103. The summed E-state index contributed by atoms with van der Waals surface area (Å²) in [6.07, 6.45) is -0.333. The number of hydrogen-bond acceptors (Lipinski definition) is 6. The first-order valence-corrected chi connectivity index (χ1v) is 11.4. The van der Waals surface area contributed by atoms with Gasteiger partial charge in [-0.25, -0.2) is 4.79 Å². The van der Waals surface area contributed by atoms with Gasteiger partial charge in [0.15, 0.2) is 0 Å². The van der Waals surface area contributed by atoms with Crippen molar-refractivity contribution in [2.45, 2.75) is 31.2 Å². The molecule has 0 bridgehead atoms. The van der Waals surface area contributed by atoms with Crippen molar-refractivity contribution in [1.82, 2.24) is 5.32 Å². The quantitative estimate of drug-likeness (QED) is 0.264. The maximum atomic E-state index is 13.6. The molecular weight excluding hydrogens is 464 g/mol. The van der Waals surface area contributed by atoms with E-state index in [1.165, 1.54) is 24.3 Å². The SMILES string of the molecule is CCOC(=O)C[C@@H](c1ccc([N+](=O)[O-])cc1)[C@@H](NC(=O)C1c2ccccc2-c2ccccc21)C(=O)O. The Morgan fingerprint density at radius 3 is 2.03 bits per heavy atom. The first-order valence-electron chi connectivity index (χ1n) is 11.4. The highest BCUT2D eigenvalue weighted by Gasteiger charge is 2.38. The Kier molecular flexibility index (Phi) is 7.10. The van der Waals surface area contributed by atoms with E-state index in [0.29, 0.717) is 5.56 Å². The summed E-state index contributed by atoms with van der Waals surface area (Å²) in [7, 11) is 0. The highest BCUT2D eigenvalue weighted by molar-refractivity contribution is 5.98. The molecule has 3 aromatic rings. The molecular formula is C27H24N2O7. The molecule has 0 heterocycles. The Hall–Kier alpha value is -4.53. The summed E-state index contributed by atoms with van der Waals surface area (Å²) in [5, 5.41) is 23.8. The molecule has 3 aromatic carbocycles. The number of amides is 1. The highest BCUT2D eigenvalue weighted by atomic mass is 16.6. The smallest absolute Gasteiger partial charge is 0.326 e. The van der Waals surface area contributed by atoms with Crippen LogP contribution in [-0.2, 0) is 19.1 Å². The summed E-state index contributed by atoms with van der Waals surface area (Å²) in [5.41, 5.74) is 3.50. The lowest BCUT2D eigenvalue weighted by molar-refractivity contribution is -0.384. The Morgan fingerprint density at radius 1 is 0.972 bits per heavy atom. The zero-order valence-corrected chi connectivity index (χ0v) is 19.4. The van der Waals surface area contributed by atoms with E-state index < -0.39 is 40.6 Å². The maximum absolute atomic E-state index is 13.6. The third-order valence-electron chi connectivity index (χ3n) is 6.29. The number of fused-ring (bicyclic) bond motifs is 3. The highest BCUT2D eigenvalue weighted by Crippen LogP contribution is 2.44. The number of hydrogen-bond donors (Lipinski definition) is 2. The van der Waals surface area contributed by atoms with E-state index in [0.717, 1.165) is 22.3 Å². The fourth-order valence-corrected chi connectivity index (χ4v) is 4.68. The molecule has 2 N–H and O–H groups in total. The Balaban J connectivity index is 1.69. The normalized spacial score (nSPS) is 13.7. The second kappa shape index (κ2) is 10.4. The average Bonchev–Trinajstić information content (AvgIpc) is 3.21. The van der Waals surface area contributed by atoms with E-state index in [4.69, 9.17) is 4.74 Å². The zero-order valence-electron chi connectivity index (χ0n) is 19.4. The van der Waals surface area contributed by atoms with Crippen LogP contribution in [0.4, 0.5) is 5.69 Å². The molecule has 0 saturated heterocycles. The summed E-state index contributed by atoms with van der Waals surface area (Å²) in [6, 6.07) is 18.7. The first kappa shape index (κ1) is 24.6. The zero-order chi connectivity index (χ0) is 25.8. The fourth-order valence-electron chi connectivity index (χ4n) is 4.68. The Morgan fingerprint density at radius 2 is 1.53 bits per heavy atom. The van der Waals surface area contributed by atoms with Crippen LogP contribution in [0.5, 0.6) is 0 Å². The van der Waals surface area contributed by atoms with Gasteiger partial charge in [-0.05, 0) is 34.7 Å². The molecule has 0 aliphatic heterocycles. The van der Waals surface area contributed by atoms with Gasteiger partial charge in [0.2, 0.25) is 5.91 Å². The third-order valence-corrected chi connectivity index (χ3v) is 6.29. The number of benzene rings is 3. The maximum Gasteiger partial charge on any atom is 0.326 e. The van der Waals surface area contributed by atoms with Gasteiger partial charge in [0.1, 0.15) is 6.04 Å². The summed E-state index contributed by atoms with van der Waals surface area (Å²) >= 11 is 0. The van der Waals surface area contributed by atoms with Crippen LogP contribution in [0.3, 0.4) is 0 Å². The predicted molar refractivity (Wildman–Crippen MR) is 130 cm³/mol. The topological polar surface area (TPSA) is 136 Å². The number of ether oxygens (including phenoxy) is 1. The number of nitro benzene ring substituents is 1. The molecule has 184 valence electrons. The van der Waals surface area contributed by atoms with Gasteiger partial charge >= 0.3 is 11.9 Å². The number of non-ortho nitro benzene ring substituents is 1. The number of aliphatic carboxylic acids is 1. The average molecular weight is 488 g/mol. The molecule has 1 amide bonds. The predicted octanol–water partition coefficient (Wildman–Crippen LogP) is 4.01. The number of rotatable bonds is 9. The fraction of sp³-hybridized carbons (Fsp3) is 0.222. The molecule has 1 aliphatic carbocycles. The number of nitrogens with one attached hydrogen (secondary N) is 1. The van der Waals surface area contributed by atoms with Crippen LogP contribution in [0.25, 0.3) is 11.1 Å². The van der Waals surface area contributed by atoms with E-state index >= 15 is 0 Å². The number of carbonyl (C=O) groups is 3. The molecule has 0 aromatic heterocycles. The van der Waals surface area contributed by atoms with Crippen molar-refractivity contribution in [2.75, 3.05) is 6.61 Å². The summed E-state index contributed by atoms with van der Waals surface area (Å²) < 4.78 is 5.03. The monoisotopic (exact) mass is 488 g/mol. The van der Waals surface area contributed by atoms with E-state index in [1.807, 2.05) is 48.5 Å². The van der Waals surface area contributed by atoms with Crippen LogP contribution in [0.15, 0.2) is 72.8 Å². The van der Waals surface area contributed by atoms with Crippen molar-refractivity contribution in [2.24, 2.45) is 0 Å². The number of carboxylic acids is 1. The van der Waals surface area contributed by atoms with Crippen molar-refractivity contribution in [3.8, 4) is 11.1 Å². The summed E-state index contributed by atoms with van der Waals surface area (Å²) in [4.78, 5) is 48.8. The summed E-state index contributed by atoms with van der Waals surface area (Å²) in [5.74, 6) is -4.23. The number of carboxylic acid groups (broad SMARTS) is 1. The van der Waals surface area contributed by atoms with Crippen LogP contribution in [0, 0.1) is 10.1 Å².